The van der Waals surface area contributed by atoms with E-state index in [4.69, 9.17) is 11.1 Å². The minimum atomic E-state index is -0.417. The lowest BCUT2D eigenvalue weighted by Gasteiger charge is -2.15. The molecule has 3 rings (SSSR count). The second-order valence-electron chi connectivity index (χ2n) is 8.44. The van der Waals surface area contributed by atoms with Gasteiger partial charge in [-0.15, -0.1) is 0 Å². The van der Waals surface area contributed by atoms with Gasteiger partial charge in [-0.25, -0.2) is 14.4 Å². The van der Waals surface area contributed by atoms with E-state index >= 15 is 0 Å². The molecule has 3 aromatic rings. The summed E-state index contributed by atoms with van der Waals surface area (Å²) in [6, 6.07) is 8.87. The average molecular weight is 474 g/mol. The standard InChI is InChI=1S/C27H32FN7/c1-5-20-15-26-22(16-25(20)33-18(2)7-6-12-35(3)4)27(32-17-31-26)34-24-9-8-19(14-23(24)28)13-21(30)10-11-29/h6-11,14-17,29,33H,2,5,12-13,30H2,1,3-4H3,(H,31,32,34)/b7-6+,21-10?,29-11?. The number of rotatable bonds is 11. The first kappa shape index (κ1) is 25.6. The lowest BCUT2D eigenvalue weighted by molar-refractivity contribution is 0.456. The number of likely N-dealkylation sites (N-methyl/N-ethyl adjacent to an activating group) is 1. The summed E-state index contributed by atoms with van der Waals surface area (Å²) in [4.78, 5) is 10.9. The van der Waals surface area contributed by atoms with Gasteiger partial charge >= 0.3 is 0 Å². The molecule has 0 saturated carbocycles. The molecule has 0 fully saturated rings. The number of aromatic nitrogens is 2. The highest BCUT2D eigenvalue weighted by atomic mass is 19.1. The van der Waals surface area contributed by atoms with Crippen molar-refractivity contribution in [1.29, 1.82) is 5.41 Å². The van der Waals surface area contributed by atoms with Crippen LogP contribution in [0.3, 0.4) is 0 Å². The molecule has 0 saturated heterocycles. The van der Waals surface area contributed by atoms with E-state index in [1.165, 1.54) is 18.5 Å². The molecule has 1 aromatic heterocycles. The zero-order chi connectivity index (χ0) is 25.4. The molecule has 0 aliphatic carbocycles. The van der Waals surface area contributed by atoms with Gasteiger partial charge in [0.05, 0.1) is 11.2 Å². The number of hydrogen-bond acceptors (Lipinski definition) is 7. The third-order valence-electron chi connectivity index (χ3n) is 5.32. The molecule has 0 spiro atoms. The lowest BCUT2D eigenvalue weighted by Crippen LogP contribution is -2.10. The van der Waals surface area contributed by atoms with E-state index in [-0.39, 0.29) is 0 Å². The molecular formula is C27H32FN7. The first-order valence-corrected chi connectivity index (χ1v) is 11.4. The number of halogens is 1. The van der Waals surface area contributed by atoms with Crippen LogP contribution in [0, 0.1) is 11.2 Å². The van der Waals surface area contributed by atoms with Gasteiger partial charge in [0.25, 0.3) is 0 Å². The number of benzene rings is 2. The zero-order valence-corrected chi connectivity index (χ0v) is 20.4. The Morgan fingerprint density at radius 2 is 2.00 bits per heavy atom. The van der Waals surface area contributed by atoms with Crippen LogP contribution in [0.25, 0.3) is 10.9 Å². The summed E-state index contributed by atoms with van der Waals surface area (Å²) in [6.07, 6.45) is 9.24. The van der Waals surface area contributed by atoms with Crippen molar-refractivity contribution in [2.24, 2.45) is 5.73 Å². The molecule has 0 aliphatic rings. The predicted molar refractivity (Wildman–Crippen MR) is 144 cm³/mol. The molecule has 0 atom stereocenters. The number of anilines is 3. The van der Waals surface area contributed by atoms with Gasteiger partial charge in [0, 0.05) is 41.6 Å². The number of nitrogens with two attached hydrogens (primary N) is 1. The van der Waals surface area contributed by atoms with Crippen LogP contribution < -0.4 is 16.4 Å². The fourth-order valence-electron chi connectivity index (χ4n) is 3.57. The van der Waals surface area contributed by atoms with Gasteiger partial charge in [-0.2, -0.15) is 0 Å². The number of hydrogen-bond donors (Lipinski definition) is 4. The summed E-state index contributed by atoms with van der Waals surface area (Å²) >= 11 is 0. The van der Waals surface area contributed by atoms with Crippen LogP contribution in [0.2, 0.25) is 0 Å². The molecule has 0 aliphatic heterocycles. The van der Waals surface area contributed by atoms with Crippen LogP contribution in [-0.4, -0.2) is 41.7 Å². The van der Waals surface area contributed by atoms with Crippen molar-refractivity contribution in [2.45, 2.75) is 19.8 Å². The summed E-state index contributed by atoms with van der Waals surface area (Å²) in [5.74, 6) is 0.0872. The Labute approximate surface area is 205 Å². The largest absolute Gasteiger partial charge is 0.402 e. The fourth-order valence-corrected chi connectivity index (χ4v) is 3.57. The van der Waals surface area contributed by atoms with Gasteiger partial charge < -0.3 is 26.7 Å². The molecule has 0 radical (unpaired) electrons. The number of nitrogens with zero attached hydrogens (tertiary/aromatic N) is 3. The lowest BCUT2D eigenvalue weighted by atomic mass is 10.1. The van der Waals surface area contributed by atoms with Crippen LogP contribution >= 0.6 is 0 Å². The smallest absolute Gasteiger partial charge is 0.146 e. The zero-order valence-electron chi connectivity index (χ0n) is 20.4. The highest BCUT2D eigenvalue weighted by Gasteiger charge is 2.12. The first-order valence-electron chi connectivity index (χ1n) is 11.4. The van der Waals surface area contributed by atoms with Crippen LogP contribution in [-0.2, 0) is 12.8 Å². The van der Waals surface area contributed by atoms with Crippen LogP contribution in [0.15, 0.2) is 72.9 Å². The van der Waals surface area contributed by atoms with Gasteiger partial charge in [-0.3, -0.25) is 0 Å². The topological polar surface area (TPSA) is 103 Å². The average Bonchev–Trinajstić information content (AvgIpc) is 2.80. The van der Waals surface area contributed by atoms with E-state index in [1.54, 1.807) is 12.1 Å². The number of fused-ring (bicyclic) bond motifs is 1. The van der Waals surface area contributed by atoms with E-state index in [0.717, 1.165) is 52.6 Å². The quantitative estimate of drug-likeness (QED) is 0.227. The third-order valence-corrected chi connectivity index (χ3v) is 5.32. The predicted octanol–water partition coefficient (Wildman–Crippen LogP) is 5.15. The Balaban J connectivity index is 1.90. The Morgan fingerprint density at radius 3 is 2.69 bits per heavy atom. The fraction of sp³-hybridized carbons (Fsp3) is 0.222. The van der Waals surface area contributed by atoms with Crippen molar-refractivity contribution in [3.8, 4) is 0 Å². The third kappa shape index (κ3) is 6.97. The Bertz CT molecular complexity index is 1280. The van der Waals surface area contributed by atoms with Gasteiger partial charge in [0.2, 0.25) is 0 Å². The van der Waals surface area contributed by atoms with Crippen molar-refractivity contribution >= 4 is 34.3 Å². The molecule has 0 bridgehead atoms. The molecule has 7 nitrogen and oxygen atoms in total. The SMILES string of the molecule is C=C(/C=C/CN(C)C)Nc1cc2c(Nc3ccc(CC(N)=CC=N)cc3F)ncnc2cc1CC. The number of allylic oxidation sites excluding steroid dienone is 3. The van der Waals surface area contributed by atoms with E-state index in [2.05, 4.69) is 39.0 Å². The number of nitrogens with one attached hydrogen (secondary N) is 3. The summed E-state index contributed by atoms with van der Waals surface area (Å²) in [5, 5.41) is 14.3. The molecule has 182 valence electrons. The highest BCUT2D eigenvalue weighted by molar-refractivity contribution is 5.94. The van der Waals surface area contributed by atoms with Crippen molar-refractivity contribution < 1.29 is 4.39 Å². The van der Waals surface area contributed by atoms with Gasteiger partial charge in [0.1, 0.15) is 18.0 Å². The van der Waals surface area contributed by atoms with Crippen molar-refractivity contribution in [1.82, 2.24) is 14.9 Å². The first-order chi connectivity index (χ1) is 16.8. The Kier molecular flexibility index (Phi) is 8.69. The van der Waals surface area contributed by atoms with E-state index < -0.39 is 5.82 Å². The van der Waals surface area contributed by atoms with E-state index in [0.29, 0.717) is 23.6 Å². The molecule has 0 unspecified atom stereocenters. The van der Waals surface area contributed by atoms with Crippen molar-refractivity contribution in [2.75, 3.05) is 31.3 Å². The summed E-state index contributed by atoms with van der Waals surface area (Å²) < 4.78 is 14.9. The Morgan fingerprint density at radius 1 is 1.20 bits per heavy atom. The molecular weight excluding hydrogens is 441 g/mol. The molecule has 5 N–H and O–H groups in total. The normalized spacial score (nSPS) is 11.9. The maximum Gasteiger partial charge on any atom is 0.146 e. The summed E-state index contributed by atoms with van der Waals surface area (Å²) in [5.41, 5.74) is 10.9. The Hall–Kier alpha value is -4.04. The molecule has 0 amide bonds. The second-order valence-corrected chi connectivity index (χ2v) is 8.44. The minimum absolute atomic E-state index is 0.300. The highest BCUT2D eigenvalue weighted by Crippen LogP contribution is 2.30. The number of aryl methyl sites for hydroxylation is 1. The maximum absolute atomic E-state index is 14.9. The second kappa shape index (κ2) is 11.9. The van der Waals surface area contributed by atoms with Gasteiger partial charge in [-0.1, -0.05) is 25.6 Å². The van der Waals surface area contributed by atoms with Crippen LogP contribution in [0.5, 0.6) is 0 Å². The summed E-state index contributed by atoms with van der Waals surface area (Å²) in [7, 11) is 4.02. The minimum Gasteiger partial charge on any atom is -0.402 e. The monoisotopic (exact) mass is 473 g/mol. The van der Waals surface area contributed by atoms with Crippen molar-refractivity contribution in [3.63, 3.8) is 0 Å². The van der Waals surface area contributed by atoms with Gasteiger partial charge in [0.15, 0.2) is 0 Å². The molecule has 35 heavy (non-hydrogen) atoms. The maximum atomic E-state index is 14.9. The molecule has 1 heterocycles. The van der Waals surface area contributed by atoms with Crippen LogP contribution in [0.1, 0.15) is 18.1 Å². The molecule has 8 heteroatoms. The molecule has 2 aromatic carbocycles. The van der Waals surface area contributed by atoms with Gasteiger partial charge in [-0.05, 0) is 68.1 Å². The van der Waals surface area contributed by atoms with E-state index in [1.807, 2.05) is 38.4 Å². The summed E-state index contributed by atoms with van der Waals surface area (Å²) in [6.45, 7) is 7.00. The van der Waals surface area contributed by atoms with Crippen molar-refractivity contribution in [3.05, 3.63) is 89.8 Å². The van der Waals surface area contributed by atoms with E-state index in [9.17, 15) is 4.39 Å². The van der Waals surface area contributed by atoms with Crippen LogP contribution in [0.4, 0.5) is 21.6 Å².